The molecule has 1 heterocycles. The number of nitrogens with one attached hydrogen (secondary N) is 1. The minimum Gasteiger partial charge on any atom is -0.464 e. The average Bonchev–Trinajstić information content (AvgIpc) is 2.82. The maximum atomic E-state index is 5.52. The molecular formula is C15H22N2O. The van der Waals surface area contributed by atoms with E-state index in [1.165, 1.54) is 10.9 Å². The van der Waals surface area contributed by atoms with Gasteiger partial charge in [0.25, 0.3) is 0 Å². The zero-order valence-corrected chi connectivity index (χ0v) is 11.3. The number of furan rings is 1. The van der Waals surface area contributed by atoms with Crippen LogP contribution in [0.5, 0.6) is 0 Å². The van der Waals surface area contributed by atoms with Gasteiger partial charge in [-0.1, -0.05) is 32.0 Å². The molecule has 0 saturated carbocycles. The van der Waals surface area contributed by atoms with E-state index in [2.05, 4.69) is 36.2 Å². The van der Waals surface area contributed by atoms with Gasteiger partial charge in [-0.15, -0.1) is 0 Å². The number of rotatable bonds is 7. The Balaban J connectivity index is 1.83. The summed E-state index contributed by atoms with van der Waals surface area (Å²) in [5.41, 5.74) is 2.21. The fourth-order valence-corrected chi connectivity index (χ4v) is 2.17. The van der Waals surface area contributed by atoms with Crippen LogP contribution in [0, 0.1) is 0 Å². The van der Waals surface area contributed by atoms with Crippen molar-refractivity contribution in [2.75, 3.05) is 26.2 Å². The number of hydrogen-bond acceptors (Lipinski definition) is 3. The lowest BCUT2D eigenvalue weighted by Gasteiger charge is -2.17. The third kappa shape index (κ3) is 3.12. The molecule has 0 radical (unpaired) electrons. The predicted molar refractivity (Wildman–Crippen MR) is 75.7 cm³/mol. The van der Waals surface area contributed by atoms with Gasteiger partial charge in [0.1, 0.15) is 5.58 Å². The van der Waals surface area contributed by atoms with E-state index in [1.807, 2.05) is 18.4 Å². The summed E-state index contributed by atoms with van der Waals surface area (Å²) >= 11 is 0. The van der Waals surface area contributed by atoms with E-state index in [-0.39, 0.29) is 0 Å². The van der Waals surface area contributed by atoms with Crippen LogP contribution in [-0.4, -0.2) is 31.1 Å². The van der Waals surface area contributed by atoms with Gasteiger partial charge in [-0.25, -0.2) is 0 Å². The summed E-state index contributed by atoms with van der Waals surface area (Å²) in [6.45, 7) is 9.63. The van der Waals surface area contributed by atoms with E-state index in [0.717, 1.165) is 38.3 Å². The highest BCUT2D eigenvalue weighted by molar-refractivity contribution is 5.80. The molecule has 0 aliphatic rings. The zero-order chi connectivity index (χ0) is 12.8. The number of benzene rings is 1. The molecule has 3 nitrogen and oxygen atoms in total. The van der Waals surface area contributed by atoms with Crippen LogP contribution in [0.4, 0.5) is 0 Å². The fraction of sp³-hybridized carbons (Fsp3) is 0.467. The molecule has 1 N–H and O–H groups in total. The van der Waals surface area contributed by atoms with Crippen LogP contribution in [0.25, 0.3) is 11.0 Å². The molecule has 0 aliphatic carbocycles. The second kappa shape index (κ2) is 6.57. The first-order valence-electron chi connectivity index (χ1n) is 6.73. The van der Waals surface area contributed by atoms with E-state index in [9.17, 15) is 0 Å². The number of likely N-dealkylation sites (N-methyl/N-ethyl adjacent to an activating group) is 1. The first-order chi connectivity index (χ1) is 8.85. The van der Waals surface area contributed by atoms with Gasteiger partial charge in [0.2, 0.25) is 0 Å². The molecule has 0 amide bonds. The van der Waals surface area contributed by atoms with Gasteiger partial charge >= 0.3 is 0 Å². The lowest BCUT2D eigenvalue weighted by molar-refractivity contribution is 0.302. The van der Waals surface area contributed by atoms with Gasteiger partial charge in [-0.2, -0.15) is 0 Å². The van der Waals surface area contributed by atoms with E-state index in [0.29, 0.717) is 0 Å². The monoisotopic (exact) mass is 246 g/mol. The lowest BCUT2D eigenvalue weighted by atomic mass is 10.2. The first-order valence-corrected chi connectivity index (χ1v) is 6.73. The van der Waals surface area contributed by atoms with Gasteiger partial charge in [-0.05, 0) is 19.2 Å². The van der Waals surface area contributed by atoms with Crippen LogP contribution < -0.4 is 5.32 Å². The summed E-state index contributed by atoms with van der Waals surface area (Å²) in [6, 6.07) is 8.18. The number of fused-ring (bicyclic) bond motifs is 1. The molecule has 98 valence electrons. The number of para-hydroxylation sites is 1. The van der Waals surface area contributed by atoms with Crippen LogP contribution in [0.1, 0.15) is 19.4 Å². The third-order valence-electron chi connectivity index (χ3n) is 3.38. The Hall–Kier alpha value is -1.32. The summed E-state index contributed by atoms with van der Waals surface area (Å²) in [7, 11) is 0. The minimum atomic E-state index is 0.873. The smallest absolute Gasteiger partial charge is 0.134 e. The molecule has 0 unspecified atom stereocenters. The summed E-state index contributed by atoms with van der Waals surface area (Å²) in [5.74, 6) is 0. The van der Waals surface area contributed by atoms with Crippen molar-refractivity contribution in [3.8, 4) is 0 Å². The van der Waals surface area contributed by atoms with Gasteiger partial charge < -0.3 is 14.6 Å². The number of nitrogens with zero attached hydrogens (tertiary/aromatic N) is 1. The van der Waals surface area contributed by atoms with E-state index < -0.39 is 0 Å². The van der Waals surface area contributed by atoms with Gasteiger partial charge in [0.05, 0.1) is 6.26 Å². The second-order valence-corrected chi connectivity index (χ2v) is 4.46. The van der Waals surface area contributed by atoms with Crippen molar-refractivity contribution in [1.82, 2.24) is 10.2 Å². The molecule has 2 rings (SSSR count). The molecule has 1 aromatic heterocycles. The van der Waals surface area contributed by atoms with E-state index in [4.69, 9.17) is 4.42 Å². The highest BCUT2D eigenvalue weighted by atomic mass is 16.3. The molecule has 1 aromatic carbocycles. The molecule has 18 heavy (non-hydrogen) atoms. The molecule has 0 bridgehead atoms. The topological polar surface area (TPSA) is 28.4 Å². The Labute approximate surface area is 109 Å². The van der Waals surface area contributed by atoms with Crippen molar-refractivity contribution in [3.63, 3.8) is 0 Å². The maximum Gasteiger partial charge on any atom is 0.134 e. The third-order valence-corrected chi connectivity index (χ3v) is 3.38. The standard InChI is InChI=1S/C15H22N2O/c1-3-17(4-2)10-9-16-11-13-12-18-15-8-6-5-7-14(13)15/h5-8,12,16H,3-4,9-11H2,1-2H3. The lowest BCUT2D eigenvalue weighted by Crippen LogP contribution is -2.31. The van der Waals surface area contributed by atoms with Crippen LogP contribution in [0.15, 0.2) is 34.9 Å². The summed E-state index contributed by atoms with van der Waals surface area (Å²) < 4.78 is 5.52. The van der Waals surface area contributed by atoms with Crippen LogP contribution in [0.3, 0.4) is 0 Å². The molecule has 3 heteroatoms. The summed E-state index contributed by atoms with van der Waals surface area (Å²) in [6.07, 6.45) is 1.86. The van der Waals surface area contributed by atoms with Crippen molar-refractivity contribution in [1.29, 1.82) is 0 Å². The highest BCUT2D eigenvalue weighted by Gasteiger charge is 2.04. The average molecular weight is 246 g/mol. The Morgan fingerprint density at radius 3 is 2.72 bits per heavy atom. The quantitative estimate of drug-likeness (QED) is 0.761. The SMILES string of the molecule is CCN(CC)CCNCc1coc2ccccc12. The molecule has 0 fully saturated rings. The zero-order valence-electron chi connectivity index (χ0n) is 11.3. The fourth-order valence-electron chi connectivity index (χ4n) is 2.17. The molecule has 0 atom stereocenters. The largest absolute Gasteiger partial charge is 0.464 e. The van der Waals surface area contributed by atoms with Crippen LogP contribution >= 0.6 is 0 Å². The van der Waals surface area contributed by atoms with Crippen molar-refractivity contribution >= 4 is 11.0 Å². The summed E-state index contributed by atoms with van der Waals surface area (Å²) in [5, 5.41) is 4.69. The molecule has 2 aromatic rings. The van der Waals surface area contributed by atoms with Crippen molar-refractivity contribution in [2.45, 2.75) is 20.4 Å². The van der Waals surface area contributed by atoms with Crippen LogP contribution in [-0.2, 0) is 6.54 Å². The Bertz CT molecular complexity index is 474. The minimum absolute atomic E-state index is 0.873. The van der Waals surface area contributed by atoms with E-state index in [1.54, 1.807) is 0 Å². The molecular weight excluding hydrogens is 224 g/mol. The predicted octanol–water partition coefficient (Wildman–Crippen LogP) is 2.86. The molecule has 0 saturated heterocycles. The Morgan fingerprint density at radius 2 is 1.94 bits per heavy atom. The Morgan fingerprint density at radius 1 is 1.17 bits per heavy atom. The normalized spacial score (nSPS) is 11.5. The van der Waals surface area contributed by atoms with Crippen molar-refractivity contribution in [2.24, 2.45) is 0 Å². The molecule has 0 aliphatic heterocycles. The van der Waals surface area contributed by atoms with Crippen LogP contribution in [0.2, 0.25) is 0 Å². The van der Waals surface area contributed by atoms with E-state index >= 15 is 0 Å². The van der Waals surface area contributed by atoms with Gasteiger partial charge in [0.15, 0.2) is 0 Å². The maximum absolute atomic E-state index is 5.52. The van der Waals surface area contributed by atoms with Gasteiger partial charge in [0, 0.05) is 30.6 Å². The Kier molecular flexibility index (Phi) is 4.79. The highest BCUT2D eigenvalue weighted by Crippen LogP contribution is 2.20. The summed E-state index contributed by atoms with van der Waals surface area (Å²) in [4.78, 5) is 2.42. The second-order valence-electron chi connectivity index (χ2n) is 4.46. The number of hydrogen-bond donors (Lipinski definition) is 1. The van der Waals surface area contributed by atoms with Gasteiger partial charge in [-0.3, -0.25) is 0 Å². The van der Waals surface area contributed by atoms with Crippen molar-refractivity contribution < 1.29 is 4.42 Å². The molecule has 0 spiro atoms. The first kappa shape index (κ1) is 13.1. The van der Waals surface area contributed by atoms with Crippen molar-refractivity contribution in [3.05, 3.63) is 36.1 Å².